The Labute approximate surface area is 99.0 Å². The average Bonchev–Trinajstić information content (AvgIpc) is 2.08. The fourth-order valence-electron chi connectivity index (χ4n) is 1.21. The smallest absolute Gasteiger partial charge is 0.279 e. The molecule has 0 aliphatic rings. The number of unbranched alkanes of at least 4 members (excludes halogenated alkanes) is 2. The predicted octanol–water partition coefficient (Wildman–Crippen LogP) is 0.714. The Bertz CT molecular complexity index is 283. The maximum absolute atomic E-state index is 11.8. The van der Waals surface area contributed by atoms with Crippen molar-refractivity contribution in [2.45, 2.75) is 45.6 Å². The van der Waals surface area contributed by atoms with E-state index in [1.807, 2.05) is 20.8 Å². The van der Waals surface area contributed by atoms with Crippen molar-refractivity contribution in [1.82, 2.24) is 9.03 Å². The Balaban J connectivity index is 4.11. The molecule has 0 aliphatic carbocycles. The Morgan fingerprint density at radius 1 is 1.19 bits per heavy atom. The van der Waals surface area contributed by atoms with Gasteiger partial charge in [-0.2, -0.15) is 17.4 Å². The lowest BCUT2D eigenvalue weighted by molar-refractivity contribution is 0.281. The first-order valence-corrected chi connectivity index (χ1v) is 6.99. The third-order valence-corrected chi connectivity index (χ3v) is 3.85. The molecule has 0 fully saturated rings. The summed E-state index contributed by atoms with van der Waals surface area (Å²) in [4.78, 5) is 0. The quantitative estimate of drug-likeness (QED) is 0.656. The van der Waals surface area contributed by atoms with Gasteiger partial charge in [0.1, 0.15) is 0 Å². The highest BCUT2D eigenvalue weighted by atomic mass is 32.2. The second-order valence-corrected chi connectivity index (χ2v) is 6.74. The number of hydrogen-bond acceptors (Lipinski definition) is 3. The molecule has 0 saturated heterocycles. The number of aliphatic hydroxyl groups excluding tert-OH is 1. The summed E-state index contributed by atoms with van der Waals surface area (Å²) in [6, 6.07) is 0. The van der Waals surface area contributed by atoms with Crippen LogP contribution in [0.3, 0.4) is 0 Å². The molecule has 98 valence electrons. The molecule has 16 heavy (non-hydrogen) atoms. The molecule has 0 spiro atoms. The van der Waals surface area contributed by atoms with E-state index in [2.05, 4.69) is 4.72 Å². The molecular weight excluding hydrogens is 228 g/mol. The normalized spacial score (nSPS) is 13.4. The highest BCUT2D eigenvalue weighted by Crippen LogP contribution is 2.06. The van der Waals surface area contributed by atoms with E-state index in [0.717, 1.165) is 19.3 Å². The second kappa shape index (κ2) is 6.54. The third-order valence-electron chi connectivity index (χ3n) is 1.98. The number of nitrogens with one attached hydrogen (secondary N) is 1. The third kappa shape index (κ3) is 7.16. The van der Waals surface area contributed by atoms with E-state index in [1.54, 1.807) is 7.05 Å². The molecule has 0 amide bonds. The van der Waals surface area contributed by atoms with E-state index < -0.39 is 15.7 Å². The lowest BCUT2D eigenvalue weighted by Gasteiger charge is -2.25. The largest absolute Gasteiger partial charge is 0.396 e. The molecule has 0 bridgehead atoms. The van der Waals surface area contributed by atoms with E-state index in [9.17, 15) is 8.42 Å². The van der Waals surface area contributed by atoms with Crippen LogP contribution in [0, 0.1) is 0 Å². The van der Waals surface area contributed by atoms with Crippen molar-refractivity contribution < 1.29 is 13.5 Å². The zero-order valence-electron chi connectivity index (χ0n) is 10.7. The van der Waals surface area contributed by atoms with E-state index in [4.69, 9.17) is 5.11 Å². The average molecular weight is 252 g/mol. The van der Waals surface area contributed by atoms with Crippen LogP contribution in [0.1, 0.15) is 40.0 Å². The first-order valence-electron chi connectivity index (χ1n) is 5.55. The fraction of sp³-hybridized carbons (Fsp3) is 1.00. The van der Waals surface area contributed by atoms with Crippen LogP contribution < -0.4 is 4.72 Å². The highest BCUT2D eigenvalue weighted by molar-refractivity contribution is 7.87. The van der Waals surface area contributed by atoms with Crippen LogP contribution >= 0.6 is 0 Å². The molecule has 6 heteroatoms. The minimum atomic E-state index is -3.38. The number of nitrogens with zero attached hydrogens (tertiary/aromatic N) is 1. The highest BCUT2D eigenvalue weighted by Gasteiger charge is 2.23. The van der Waals surface area contributed by atoms with Gasteiger partial charge in [-0.3, -0.25) is 0 Å². The van der Waals surface area contributed by atoms with Crippen molar-refractivity contribution in [3.05, 3.63) is 0 Å². The minimum Gasteiger partial charge on any atom is -0.396 e. The maximum Gasteiger partial charge on any atom is 0.279 e. The van der Waals surface area contributed by atoms with Crippen molar-refractivity contribution in [1.29, 1.82) is 0 Å². The van der Waals surface area contributed by atoms with Gasteiger partial charge in [-0.05, 0) is 40.0 Å². The molecule has 5 nitrogen and oxygen atoms in total. The molecule has 0 saturated carbocycles. The number of rotatable bonds is 7. The van der Waals surface area contributed by atoms with Gasteiger partial charge in [0.05, 0.1) is 0 Å². The molecule has 0 radical (unpaired) electrons. The number of aliphatic hydroxyl groups is 1. The summed E-state index contributed by atoms with van der Waals surface area (Å²) in [5.41, 5.74) is -0.460. The van der Waals surface area contributed by atoms with Crippen LogP contribution in [0.15, 0.2) is 0 Å². The monoisotopic (exact) mass is 252 g/mol. The van der Waals surface area contributed by atoms with E-state index in [-0.39, 0.29) is 6.61 Å². The first kappa shape index (κ1) is 15.8. The summed E-state index contributed by atoms with van der Waals surface area (Å²) >= 11 is 0. The fourth-order valence-corrected chi connectivity index (χ4v) is 2.51. The maximum atomic E-state index is 11.8. The van der Waals surface area contributed by atoms with Gasteiger partial charge in [-0.25, -0.2) is 0 Å². The van der Waals surface area contributed by atoms with E-state index in [0.29, 0.717) is 6.54 Å². The number of hydrogen-bond donors (Lipinski definition) is 2. The zero-order chi connectivity index (χ0) is 12.8. The lowest BCUT2D eigenvalue weighted by Crippen LogP contribution is -2.47. The van der Waals surface area contributed by atoms with Crippen LogP contribution in [-0.4, -0.2) is 43.6 Å². The van der Waals surface area contributed by atoms with Crippen molar-refractivity contribution in [2.75, 3.05) is 20.2 Å². The van der Waals surface area contributed by atoms with Crippen molar-refractivity contribution in [3.8, 4) is 0 Å². The van der Waals surface area contributed by atoms with Gasteiger partial charge >= 0.3 is 0 Å². The summed E-state index contributed by atoms with van der Waals surface area (Å²) in [6.45, 7) is 6.07. The molecule has 2 N–H and O–H groups in total. The zero-order valence-corrected chi connectivity index (χ0v) is 11.5. The van der Waals surface area contributed by atoms with Crippen LogP contribution in [0.25, 0.3) is 0 Å². The van der Waals surface area contributed by atoms with Crippen LogP contribution in [-0.2, 0) is 10.2 Å². The van der Waals surface area contributed by atoms with Crippen molar-refractivity contribution in [2.24, 2.45) is 0 Å². The Morgan fingerprint density at radius 3 is 2.19 bits per heavy atom. The molecule has 0 aromatic rings. The molecule has 0 unspecified atom stereocenters. The van der Waals surface area contributed by atoms with Gasteiger partial charge in [-0.1, -0.05) is 0 Å². The molecule has 0 atom stereocenters. The topological polar surface area (TPSA) is 69.6 Å². The second-order valence-electron chi connectivity index (χ2n) is 4.96. The first-order chi connectivity index (χ1) is 7.19. The summed E-state index contributed by atoms with van der Waals surface area (Å²) in [7, 11) is -1.82. The van der Waals surface area contributed by atoms with Gasteiger partial charge in [-0.15, -0.1) is 0 Å². The Kier molecular flexibility index (Phi) is 6.47. The summed E-state index contributed by atoms with van der Waals surface area (Å²) in [5, 5.41) is 8.60. The van der Waals surface area contributed by atoms with Gasteiger partial charge in [0.2, 0.25) is 0 Å². The molecule has 0 aromatic carbocycles. The van der Waals surface area contributed by atoms with Crippen LogP contribution in [0.5, 0.6) is 0 Å². The summed E-state index contributed by atoms with van der Waals surface area (Å²) < 4.78 is 27.5. The van der Waals surface area contributed by atoms with Crippen molar-refractivity contribution >= 4 is 10.2 Å². The van der Waals surface area contributed by atoms with E-state index in [1.165, 1.54) is 4.31 Å². The van der Waals surface area contributed by atoms with Crippen LogP contribution in [0.2, 0.25) is 0 Å². The van der Waals surface area contributed by atoms with Gasteiger partial charge in [0, 0.05) is 25.7 Å². The van der Waals surface area contributed by atoms with Crippen LogP contribution in [0.4, 0.5) is 0 Å². The predicted molar refractivity (Wildman–Crippen MR) is 65.4 cm³/mol. The molecule has 0 aliphatic heterocycles. The van der Waals surface area contributed by atoms with Crippen molar-refractivity contribution in [3.63, 3.8) is 0 Å². The Hall–Kier alpha value is -0.170. The van der Waals surface area contributed by atoms with Gasteiger partial charge < -0.3 is 5.11 Å². The molecule has 0 rings (SSSR count). The minimum absolute atomic E-state index is 0.163. The Morgan fingerprint density at radius 2 is 1.75 bits per heavy atom. The molecular formula is C10H24N2O3S. The summed E-state index contributed by atoms with van der Waals surface area (Å²) in [5.74, 6) is 0. The standard InChI is InChI=1S/C10H24N2O3S/c1-10(2,3)11-16(14,15)12(4)8-6-5-7-9-13/h11,13H,5-9H2,1-4H3. The van der Waals surface area contributed by atoms with Gasteiger partial charge in [0.25, 0.3) is 10.2 Å². The van der Waals surface area contributed by atoms with E-state index >= 15 is 0 Å². The molecule has 0 aromatic heterocycles. The molecule has 0 heterocycles. The lowest BCUT2D eigenvalue weighted by atomic mass is 10.1. The van der Waals surface area contributed by atoms with Gasteiger partial charge in [0.15, 0.2) is 0 Å². The summed E-state index contributed by atoms with van der Waals surface area (Å²) in [6.07, 6.45) is 2.33. The SMILES string of the molecule is CN(CCCCCO)S(=O)(=O)NC(C)(C)C.